The number of halogens is 2. The van der Waals surface area contributed by atoms with Crippen molar-refractivity contribution in [3.05, 3.63) is 94.8 Å². The van der Waals surface area contributed by atoms with Crippen LogP contribution in [-0.4, -0.2) is 29.4 Å². The van der Waals surface area contributed by atoms with Crippen LogP contribution in [0.5, 0.6) is 0 Å². The van der Waals surface area contributed by atoms with Crippen molar-refractivity contribution in [3.63, 3.8) is 0 Å². The predicted octanol–water partition coefficient (Wildman–Crippen LogP) is 4.72. The number of hydrogen-bond donors (Lipinski definition) is 1. The van der Waals surface area contributed by atoms with Crippen LogP contribution >= 0.6 is 0 Å². The fourth-order valence-electron chi connectivity index (χ4n) is 4.32. The summed E-state index contributed by atoms with van der Waals surface area (Å²) in [5, 5.41) is 15.6. The van der Waals surface area contributed by atoms with Gasteiger partial charge in [0.2, 0.25) is 5.82 Å². The highest BCUT2D eigenvalue weighted by Gasteiger charge is 2.40. The lowest BCUT2D eigenvalue weighted by atomic mass is 9.86. The predicted molar refractivity (Wildman–Crippen MR) is 121 cm³/mol. The zero-order valence-electron chi connectivity index (χ0n) is 18.3. The first kappa shape index (κ1) is 21.2. The van der Waals surface area contributed by atoms with Gasteiger partial charge in [-0.3, -0.25) is 0 Å². The number of hydrogen-bond acceptors (Lipinski definition) is 4. The number of fused-ring (bicyclic) bond motifs is 1. The fourth-order valence-corrected chi connectivity index (χ4v) is 4.32. The molecule has 5 rings (SSSR count). The van der Waals surface area contributed by atoms with Gasteiger partial charge in [0, 0.05) is 18.4 Å². The van der Waals surface area contributed by atoms with Gasteiger partial charge in [0.1, 0.15) is 11.4 Å². The Kier molecular flexibility index (Phi) is 5.17. The average Bonchev–Trinajstić information content (AvgIpc) is 3.42. The van der Waals surface area contributed by atoms with E-state index in [2.05, 4.69) is 15.1 Å². The molecular formula is C25H23F2N5O. The molecule has 0 unspecified atom stereocenters. The molecule has 1 aliphatic rings. The van der Waals surface area contributed by atoms with Gasteiger partial charge in [-0.15, -0.1) is 5.10 Å². The van der Waals surface area contributed by atoms with E-state index in [-0.39, 0.29) is 11.6 Å². The van der Waals surface area contributed by atoms with Gasteiger partial charge >= 0.3 is 0 Å². The maximum atomic E-state index is 15.1. The van der Waals surface area contributed by atoms with Gasteiger partial charge in [-0.1, -0.05) is 18.2 Å². The van der Waals surface area contributed by atoms with E-state index in [0.717, 1.165) is 16.9 Å². The van der Waals surface area contributed by atoms with Gasteiger partial charge in [0.05, 0.1) is 12.0 Å². The lowest BCUT2D eigenvalue weighted by Crippen LogP contribution is -2.35. The summed E-state index contributed by atoms with van der Waals surface area (Å²) in [5.74, 6) is -0.803. The van der Waals surface area contributed by atoms with E-state index in [9.17, 15) is 9.50 Å². The van der Waals surface area contributed by atoms with Crippen molar-refractivity contribution in [2.45, 2.75) is 38.8 Å². The van der Waals surface area contributed by atoms with Crippen LogP contribution in [-0.2, 0) is 12.1 Å². The lowest BCUT2D eigenvalue weighted by Gasteiger charge is -2.31. The number of benzene rings is 2. The molecule has 6 nitrogen and oxygen atoms in total. The van der Waals surface area contributed by atoms with E-state index in [4.69, 9.17) is 0 Å². The highest BCUT2D eigenvalue weighted by Crippen LogP contribution is 2.37. The second-order valence-electron chi connectivity index (χ2n) is 8.41. The molecule has 33 heavy (non-hydrogen) atoms. The highest BCUT2D eigenvalue weighted by molar-refractivity contribution is 5.74. The van der Waals surface area contributed by atoms with Crippen molar-refractivity contribution >= 4 is 11.9 Å². The smallest absolute Gasteiger partial charge is 0.210 e. The van der Waals surface area contributed by atoms with Gasteiger partial charge in [0.15, 0.2) is 11.7 Å². The Morgan fingerprint density at radius 1 is 1.15 bits per heavy atom. The standard InChI is InChI=1S/C25H23F2N5O/c1-16-12-18(4-9-22(16)31-14-17(2)28-15-31)13-21(27)23-29-24-25(33,10-3-11-32(24)30-23)19-5-7-20(26)8-6-19/h4-9,12-15,33H,3,10-11H2,1-2H3/b21-13-/t25-/m0/s1. The maximum Gasteiger partial charge on any atom is 0.210 e. The number of aromatic nitrogens is 5. The molecule has 8 heteroatoms. The topological polar surface area (TPSA) is 68.8 Å². The van der Waals surface area contributed by atoms with E-state index in [1.807, 2.05) is 42.8 Å². The van der Waals surface area contributed by atoms with Gasteiger partial charge in [-0.25, -0.2) is 23.4 Å². The van der Waals surface area contributed by atoms with Crippen LogP contribution in [0.4, 0.5) is 8.78 Å². The van der Waals surface area contributed by atoms with Crippen molar-refractivity contribution < 1.29 is 13.9 Å². The van der Waals surface area contributed by atoms with Crippen molar-refractivity contribution in [1.29, 1.82) is 0 Å². The van der Waals surface area contributed by atoms with Crippen LogP contribution in [0.25, 0.3) is 17.6 Å². The minimum absolute atomic E-state index is 0.0839. The monoisotopic (exact) mass is 447 g/mol. The molecule has 1 aliphatic heterocycles. The van der Waals surface area contributed by atoms with Gasteiger partial charge in [0.25, 0.3) is 0 Å². The van der Waals surface area contributed by atoms with E-state index in [0.29, 0.717) is 30.5 Å². The Balaban J connectivity index is 1.47. The number of nitrogens with zero attached hydrogens (tertiary/aromatic N) is 5. The molecule has 4 aromatic rings. The molecule has 0 radical (unpaired) electrons. The average molecular weight is 447 g/mol. The van der Waals surface area contributed by atoms with Crippen molar-refractivity contribution in [2.75, 3.05) is 0 Å². The SMILES string of the molecule is Cc1cn(-c2ccc(/C=C(\F)c3nc4n(n3)CCC[C@]4(O)c3ccc(F)cc3)cc2C)cn1. The Morgan fingerprint density at radius 2 is 1.94 bits per heavy atom. The van der Waals surface area contributed by atoms with Crippen molar-refractivity contribution in [1.82, 2.24) is 24.3 Å². The Hall–Kier alpha value is -3.65. The van der Waals surface area contributed by atoms with Crippen LogP contribution in [0.15, 0.2) is 55.0 Å². The van der Waals surface area contributed by atoms with Crippen LogP contribution in [0.3, 0.4) is 0 Å². The molecule has 0 saturated heterocycles. The summed E-state index contributed by atoms with van der Waals surface area (Å²) in [6.45, 7) is 4.40. The van der Waals surface area contributed by atoms with E-state index in [1.165, 1.54) is 35.0 Å². The third-order valence-electron chi connectivity index (χ3n) is 5.99. The molecule has 0 fully saturated rings. The number of aliphatic hydroxyl groups is 1. The Labute approximate surface area is 189 Å². The maximum absolute atomic E-state index is 15.1. The quantitative estimate of drug-likeness (QED) is 0.492. The van der Waals surface area contributed by atoms with Crippen molar-refractivity contribution in [2.24, 2.45) is 0 Å². The first-order valence-electron chi connectivity index (χ1n) is 10.8. The number of rotatable bonds is 4. The van der Waals surface area contributed by atoms with E-state index in [1.54, 1.807) is 6.33 Å². The van der Waals surface area contributed by atoms with Crippen LogP contribution in [0, 0.1) is 19.7 Å². The highest BCUT2D eigenvalue weighted by atomic mass is 19.1. The summed E-state index contributed by atoms with van der Waals surface area (Å²) in [6.07, 6.45) is 6.10. The minimum atomic E-state index is -1.45. The molecular weight excluding hydrogens is 424 g/mol. The third kappa shape index (κ3) is 3.87. The van der Waals surface area contributed by atoms with E-state index >= 15 is 4.39 Å². The van der Waals surface area contributed by atoms with Gasteiger partial charge in [-0.2, -0.15) is 0 Å². The molecule has 0 spiro atoms. The second kappa shape index (κ2) is 8.04. The molecule has 1 atom stereocenters. The van der Waals surface area contributed by atoms with Crippen LogP contribution < -0.4 is 0 Å². The summed E-state index contributed by atoms with van der Waals surface area (Å²) < 4.78 is 32.0. The summed E-state index contributed by atoms with van der Waals surface area (Å²) in [6, 6.07) is 11.3. The van der Waals surface area contributed by atoms with Gasteiger partial charge in [-0.05, 0) is 73.7 Å². The Morgan fingerprint density at radius 3 is 2.64 bits per heavy atom. The number of imidazole rings is 1. The molecule has 0 bridgehead atoms. The first-order valence-corrected chi connectivity index (χ1v) is 10.8. The van der Waals surface area contributed by atoms with Crippen LogP contribution in [0.1, 0.15) is 46.9 Å². The third-order valence-corrected chi connectivity index (χ3v) is 5.99. The van der Waals surface area contributed by atoms with E-state index < -0.39 is 17.2 Å². The summed E-state index contributed by atoms with van der Waals surface area (Å²) >= 11 is 0. The molecule has 1 N–H and O–H groups in total. The molecule has 2 aromatic carbocycles. The summed E-state index contributed by atoms with van der Waals surface area (Å²) in [4.78, 5) is 8.59. The normalized spacial score (nSPS) is 18.4. The van der Waals surface area contributed by atoms with Crippen molar-refractivity contribution in [3.8, 4) is 5.69 Å². The van der Waals surface area contributed by atoms with Crippen LogP contribution in [0.2, 0.25) is 0 Å². The van der Waals surface area contributed by atoms with Gasteiger partial charge < -0.3 is 9.67 Å². The molecule has 0 saturated carbocycles. The molecule has 0 aliphatic carbocycles. The zero-order valence-corrected chi connectivity index (χ0v) is 18.3. The minimum Gasteiger partial charge on any atom is -0.377 e. The molecule has 2 aromatic heterocycles. The zero-order chi connectivity index (χ0) is 23.2. The molecule has 0 amide bonds. The second-order valence-corrected chi connectivity index (χ2v) is 8.41. The molecule has 3 heterocycles. The fraction of sp³-hybridized carbons (Fsp3) is 0.240. The summed E-state index contributed by atoms with van der Waals surface area (Å²) in [5.41, 5.74) is 2.59. The number of aryl methyl sites for hydroxylation is 3. The summed E-state index contributed by atoms with van der Waals surface area (Å²) in [7, 11) is 0. The Bertz CT molecular complexity index is 1360. The first-order chi connectivity index (χ1) is 15.8. The largest absolute Gasteiger partial charge is 0.377 e. The lowest BCUT2D eigenvalue weighted by molar-refractivity contribution is 0.0394. The molecule has 168 valence electrons.